The standard InChI is InChI=1S/C48H50N8O4/c49-48(59)60-43(37-14-6-2-7-15-37)47(58)56-29-11-17-41(56)45-51-31-39(53-45)35-24-20-33(21-25-35)32-18-22-34(23-19-32)38-30-50-44(52-38)40-16-10-28-55(40)46(57)42(36-12-4-1-5-13-36)54-26-8-3-9-27-54/h1-2,4-7,12-15,18-25,30-31,40-43H,3,8-11,16-17,26-29H2,(H2,49,59)(H,50,52)(H,51,53)/t40-,41-,42+,43+/m0/s1. The first-order valence-electron chi connectivity index (χ1n) is 21.1. The van der Waals surface area contributed by atoms with Gasteiger partial charge in [0, 0.05) is 18.7 Å². The van der Waals surface area contributed by atoms with E-state index >= 15 is 0 Å². The zero-order valence-electron chi connectivity index (χ0n) is 33.6. The number of ether oxygens (including phenoxy) is 1. The molecule has 3 fully saturated rings. The van der Waals surface area contributed by atoms with Gasteiger partial charge in [-0.05, 0) is 79.4 Å². The number of primary amides is 1. The van der Waals surface area contributed by atoms with E-state index in [1.807, 2.05) is 30.5 Å². The fourth-order valence-corrected chi connectivity index (χ4v) is 9.25. The fraction of sp³-hybridized carbons (Fsp3) is 0.312. The Hall–Kier alpha value is -6.53. The first kappa shape index (κ1) is 39.0. The minimum atomic E-state index is -1.12. The molecule has 0 radical (unpaired) electrons. The molecule has 2 aromatic heterocycles. The number of rotatable bonds is 11. The lowest BCUT2D eigenvalue weighted by Crippen LogP contribution is -2.44. The van der Waals surface area contributed by atoms with Crippen molar-refractivity contribution in [3.8, 4) is 33.6 Å². The predicted molar refractivity (Wildman–Crippen MR) is 229 cm³/mol. The molecular weight excluding hydrogens is 753 g/mol. The summed E-state index contributed by atoms with van der Waals surface area (Å²) in [6.07, 6.45) is 8.40. The monoisotopic (exact) mass is 802 g/mol. The van der Waals surface area contributed by atoms with Crippen LogP contribution in [0.4, 0.5) is 4.79 Å². The van der Waals surface area contributed by atoms with Crippen molar-refractivity contribution in [3.63, 3.8) is 0 Å². The topological polar surface area (TPSA) is 154 Å². The molecule has 12 heteroatoms. The molecule has 0 unspecified atom stereocenters. The van der Waals surface area contributed by atoms with Crippen LogP contribution in [-0.4, -0.2) is 78.7 Å². The van der Waals surface area contributed by atoms with Crippen LogP contribution in [-0.2, 0) is 14.3 Å². The highest BCUT2D eigenvalue weighted by Gasteiger charge is 2.40. The minimum absolute atomic E-state index is 0.0829. The molecule has 0 spiro atoms. The van der Waals surface area contributed by atoms with Gasteiger partial charge < -0.3 is 30.2 Å². The van der Waals surface area contributed by atoms with E-state index in [4.69, 9.17) is 15.5 Å². The molecule has 4 N–H and O–H groups in total. The minimum Gasteiger partial charge on any atom is -0.431 e. The van der Waals surface area contributed by atoms with Crippen LogP contribution in [0.5, 0.6) is 0 Å². The van der Waals surface area contributed by atoms with Crippen molar-refractivity contribution in [2.45, 2.75) is 69.2 Å². The summed E-state index contributed by atoms with van der Waals surface area (Å²) in [5.74, 6) is 1.37. The highest BCUT2D eigenvalue weighted by atomic mass is 16.6. The van der Waals surface area contributed by atoms with E-state index in [1.54, 1.807) is 35.4 Å². The number of H-pyrrole nitrogens is 2. The third-order valence-electron chi connectivity index (χ3n) is 12.3. The van der Waals surface area contributed by atoms with E-state index in [1.165, 1.54) is 6.42 Å². The molecule has 3 aliphatic heterocycles. The maximum Gasteiger partial charge on any atom is 0.405 e. The normalized spacial score (nSPS) is 19.3. The van der Waals surface area contributed by atoms with Crippen LogP contribution in [0.15, 0.2) is 122 Å². The number of carbonyl (C=O) groups is 3. The van der Waals surface area contributed by atoms with Crippen molar-refractivity contribution in [1.29, 1.82) is 0 Å². The van der Waals surface area contributed by atoms with Crippen LogP contribution in [0.2, 0.25) is 0 Å². The molecule has 5 heterocycles. The Bertz CT molecular complexity index is 2410. The number of piperidine rings is 1. The van der Waals surface area contributed by atoms with Crippen molar-refractivity contribution >= 4 is 17.9 Å². The number of nitrogens with one attached hydrogen (secondary N) is 2. The summed E-state index contributed by atoms with van der Waals surface area (Å²) < 4.78 is 5.31. The van der Waals surface area contributed by atoms with Gasteiger partial charge in [-0.15, -0.1) is 0 Å². The van der Waals surface area contributed by atoms with Crippen molar-refractivity contribution < 1.29 is 19.1 Å². The Labute approximate surface area is 349 Å². The average Bonchev–Trinajstić information content (AvgIpc) is 4.14. The number of aromatic nitrogens is 4. The lowest BCUT2D eigenvalue weighted by molar-refractivity contribution is -0.141. The van der Waals surface area contributed by atoms with E-state index in [0.717, 1.165) is 103 Å². The zero-order chi connectivity index (χ0) is 41.0. The summed E-state index contributed by atoms with van der Waals surface area (Å²) in [6, 6.07) is 35.3. The molecule has 12 nitrogen and oxygen atoms in total. The number of nitrogens with two attached hydrogens (primary N) is 1. The second-order valence-corrected chi connectivity index (χ2v) is 16.0. The molecule has 4 atom stereocenters. The van der Waals surface area contributed by atoms with Gasteiger partial charge in [-0.1, -0.05) is 116 Å². The van der Waals surface area contributed by atoms with Gasteiger partial charge in [-0.25, -0.2) is 14.8 Å². The maximum atomic E-state index is 14.4. The first-order chi connectivity index (χ1) is 29.4. The quantitative estimate of drug-likeness (QED) is 0.119. The van der Waals surface area contributed by atoms with Crippen LogP contribution < -0.4 is 5.73 Å². The Morgan fingerprint density at radius 1 is 0.567 bits per heavy atom. The van der Waals surface area contributed by atoms with Gasteiger partial charge in [-0.2, -0.15) is 0 Å². The van der Waals surface area contributed by atoms with Crippen LogP contribution >= 0.6 is 0 Å². The number of carbonyl (C=O) groups excluding carboxylic acids is 3. The molecular formula is C48H50N8O4. The van der Waals surface area contributed by atoms with Gasteiger partial charge in [0.2, 0.25) is 12.0 Å². The maximum absolute atomic E-state index is 14.4. The smallest absolute Gasteiger partial charge is 0.405 e. The summed E-state index contributed by atoms with van der Waals surface area (Å²) in [5.41, 5.74) is 12.9. The predicted octanol–water partition coefficient (Wildman–Crippen LogP) is 8.52. The Morgan fingerprint density at radius 3 is 1.53 bits per heavy atom. The van der Waals surface area contributed by atoms with Crippen molar-refractivity contribution in [1.82, 2.24) is 34.6 Å². The summed E-state index contributed by atoms with van der Waals surface area (Å²) in [7, 11) is 0. The molecule has 3 amide bonds. The SMILES string of the molecule is NC(=O)O[C@@H](C(=O)N1CCC[C@H]1c1ncc(-c2ccc(-c3ccc(-c4cnc([C@@H]5CCCN5C(=O)[C@@H](c5ccccc5)N5CCCCC5)[nH]4)cc3)cc2)[nH]1)c1ccccc1. The highest BCUT2D eigenvalue weighted by Crippen LogP contribution is 2.38. The molecule has 0 bridgehead atoms. The molecule has 3 saturated heterocycles. The van der Waals surface area contributed by atoms with Gasteiger partial charge in [-0.3, -0.25) is 14.5 Å². The summed E-state index contributed by atoms with van der Waals surface area (Å²) in [4.78, 5) is 62.6. The zero-order valence-corrected chi connectivity index (χ0v) is 33.6. The molecule has 3 aliphatic rings. The molecule has 0 aliphatic carbocycles. The number of likely N-dealkylation sites (tertiary alicyclic amines) is 3. The first-order valence-corrected chi connectivity index (χ1v) is 21.1. The molecule has 9 rings (SSSR count). The van der Waals surface area contributed by atoms with Gasteiger partial charge in [0.15, 0.2) is 0 Å². The Morgan fingerprint density at radius 2 is 1.03 bits per heavy atom. The van der Waals surface area contributed by atoms with E-state index in [2.05, 4.69) is 85.4 Å². The molecule has 306 valence electrons. The second kappa shape index (κ2) is 17.4. The number of benzene rings is 4. The van der Waals surface area contributed by atoms with E-state index in [9.17, 15) is 14.4 Å². The number of aromatic amines is 2. The summed E-state index contributed by atoms with van der Waals surface area (Å²) in [6.45, 7) is 3.14. The summed E-state index contributed by atoms with van der Waals surface area (Å²) in [5, 5.41) is 0. The average molecular weight is 803 g/mol. The van der Waals surface area contributed by atoms with E-state index < -0.39 is 12.2 Å². The number of nitrogens with zero attached hydrogens (tertiary/aromatic N) is 5. The number of amides is 3. The van der Waals surface area contributed by atoms with Gasteiger partial charge >= 0.3 is 6.09 Å². The lowest BCUT2D eigenvalue weighted by atomic mass is 10.00. The molecule has 0 saturated carbocycles. The van der Waals surface area contributed by atoms with E-state index in [0.29, 0.717) is 17.9 Å². The number of imidazole rings is 2. The van der Waals surface area contributed by atoms with Crippen LogP contribution in [0.25, 0.3) is 33.6 Å². The number of hydrogen-bond acceptors (Lipinski definition) is 7. The largest absolute Gasteiger partial charge is 0.431 e. The van der Waals surface area contributed by atoms with Gasteiger partial charge in [0.05, 0.1) is 35.9 Å². The Balaban J connectivity index is 0.861. The van der Waals surface area contributed by atoms with Crippen molar-refractivity contribution in [2.24, 2.45) is 5.73 Å². The lowest BCUT2D eigenvalue weighted by Gasteiger charge is -2.37. The van der Waals surface area contributed by atoms with Crippen molar-refractivity contribution in [3.05, 3.63) is 144 Å². The van der Waals surface area contributed by atoms with Crippen LogP contribution in [0, 0.1) is 0 Å². The molecule has 4 aromatic carbocycles. The second-order valence-electron chi connectivity index (χ2n) is 16.0. The van der Waals surface area contributed by atoms with Crippen LogP contribution in [0.1, 0.15) is 92.0 Å². The molecule has 6 aromatic rings. The fourth-order valence-electron chi connectivity index (χ4n) is 9.25. The Kier molecular flexibility index (Phi) is 11.3. The van der Waals surface area contributed by atoms with E-state index in [-0.39, 0.29) is 29.9 Å². The van der Waals surface area contributed by atoms with Gasteiger partial charge in [0.25, 0.3) is 5.91 Å². The molecule has 60 heavy (non-hydrogen) atoms. The van der Waals surface area contributed by atoms with Crippen molar-refractivity contribution in [2.75, 3.05) is 26.2 Å². The van der Waals surface area contributed by atoms with Gasteiger partial charge in [0.1, 0.15) is 17.7 Å². The highest BCUT2D eigenvalue weighted by molar-refractivity contribution is 5.85. The summed E-state index contributed by atoms with van der Waals surface area (Å²) >= 11 is 0. The third kappa shape index (κ3) is 8.07. The number of hydrogen-bond donors (Lipinski definition) is 3. The third-order valence-corrected chi connectivity index (χ3v) is 12.3. The van der Waals surface area contributed by atoms with Crippen LogP contribution in [0.3, 0.4) is 0 Å².